The molecule has 0 saturated carbocycles. The number of rotatable bonds is 4. The zero-order valence-corrected chi connectivity index (χ0v) is 13.1. The van der Waals surface area contributed by atoms with Crippen molar-refractivity contribution < 1.29 is 0 Å². The Morgan fingerprint density at radius 2 is 2.16 bits per heavy atom. The molecule has 6 heteroatoms. The lowest BCUT2D eigenvalue weighted by Gasteiger charge is -2.20. The summed E-state index contributed by atoms with van der Waals surface area (Å²) < 4.78 is 0.787. The molecular formula is C13H14ClN3S2. The van der Waals surface area contributed by atoms with Crippen LogP contribution in [0.25, 0.3) is 0 Å². The van der Waals surface area contributed by atoms with E-state index in [9.17, 15) is 0 Å². The summed E-state index contributed by atoms with van der Waals surface area (Å²) in [4.78, 5) is 8.09. The smallest absolute Gasteiger partial charge is 0.139 e. The van der Waals surface area contributed by atoms with Crippen molar-refractivity contribution in [2.24, 2.45) is 5.73 Å². The Kier molecular flexibility index (Phi) is 4.39. The number of nitrogens with two attached hydrogens (primary N) is 1. The maximum absolute atomic E-state index is 5.94. The number of pyridine rings is 1. The van der Waals surface area contributed by atoms with Gasteiger partial charge in [-0.15, -0.1) is 11.3 Å². The monoisotopic (exact) mass is 311 g/mol. The van der Waals surface area contributed by atoms with Crippen LogP contribution in [0, 0.1) is 6.92 Å². The second-order valence-corrected chi connectivity index (χ2v) is 6.49. The van der Waals surface area contributed by atoms with Gasteiger partial charge in [0.25, 0.3) is 0 Å². The number of anilines is 1. The molecule has 0 spiro atoms. The number of hydrogen-bond donors (Lipinski definition) is 1. The highest BCUT2D eigenvalue weighted by molar-refractivity contribution is 7.80. The van der Waals surface area contributed by atoms with E-state index >= 15 is 0 Å². The number of thiocarbonyl (C=S) groups is 1. The van der Waals surface area contributed by atoms with Crippen molar-refractivity contribution >= 4 is 46.0 Å². The van der Waals surface area contributed by atoms with Crippen molar-refractivity contribution in [2.75, 3.05) is 11.9 Å². The van der Waals surface area contributed by atoms with E-state index in [-0.39, 0.29) is 0 Å². The Labute approximate surface area is 127 Å². The first-order valence-electron chi connectivity index (χ1n) is 5.70. The third kappa shape index (κ3) is 3.43. The molecular weight excluding hydrogens is 298 g/mol. The highest BCUT2D eigenvalue weighted by atomic mass is 35.5. The van der Waals surface area contributed by atoms with E-state index in [1.165, 1.54) is 4.88 Å². The van der Waals surface area contributed by atoms with Gasteiger partial charge in [0.2, 0.25) is 0 Å². The maximum atomic E-state index is 5.94. The van der Waals surface area contributed by atoms with Crippen molar-refractivity contribution in [1.29, 1.82) is 0 Å². The molecule has 0 aromatic carbocycles. The second kappa shape index (κ2) is 5.86. The van der Waals surface area contributed by atoms with Crippen LogP contribution >= 0.6 is 35.2 Å². The highest BCUT2D eigenvalue weighted by Gasteiger charge is 2.13. The maximum Gasteiger partial charge on any atom is 0.139 e. The van der Waals surface area contributed by atoms with Gasteiger partial charge < -0.3 is 10.6 Å². The SMILES string of the molecule is Cc1ccc(C(N)=S)c(N(C)Cc2ccc(Cl)s2)n1. The molecule has 0 saturated heterocycles. The van der Waals surface area contributed by atoms with Crippen LogP contribution in [-0.4, -0.2) is 17.0 Å². The Morgan fingerprint density at radius 1 is 1.42 bits per heavy atom. The van der Waals surface area contributed by atoms with Crippen molar-refractivity contribution in [3.8, 4) is 0 Å². The van der Waals surface area contributed by atoms with Crippen LogP contribution in [0.3, 0.4) is 0 Å². The normalized spacial score (nSPS) is 10.5. The van der Waals surface area contributed by atoms with Crippen LogP contribution in [0.15, 0.2) is 24.3 Å². The lowest BCUT2D eigenvalue weighted by molar-refractivity contribution is 0.904. The number of thiophene rings is 1. The molecule has 3 nitrogen and oxygen atoms in total. The largest absolute Gasteiger partial charge is 0.389 e. The Morgan fingerprint density at radius 3 is 2.74 bits per heavy atom. The first-order chi connectivity index (χ1) is 8.97. The summed E-state index contributed by atoms with van der Waals surface area (Å²) in [7, 11) is 1.97. The fourth-order valence-electron chi connectivity index (χ4n) is 1.77. The predicted molar refractivity (Wildman–Crippen MR) is 86.3 cm³/mol. The molecule has 0 bridgehead atoms. The standard InChI is InChI=1S/C13H14ClN3S2/c1-8-3-5-10(12(15)18)13(16-8)17(2)7-9-4-6-11(14)19-9/h3-6H,7H2,1-2H3,(H2,15,18). The summed E-state index contributed by atoms with van der Waals surface area (Å²) in [5, 5.41) is 0. The molecule has 0 unspecified atom stereocenters. The minimum absolute atomic E-state index is 0.360. The van der Waals surface area contributed by atoms with Gasteiger partial charge in [0.15, 0.2) is 0 Å². The molecule has 0 fully saturated rings. The van der Waals surface area contributed by atoms with Gasteiger partial charge in [0.1, 0.15) is 10.8 Å². The molecule has 0 aliphatic rings. The molecule has 0 aliphatic heterocycles. The quantitative estimate of drug-likeness (QED) is 0.879. The molecule has 0 aliphatic carbocycles. The van der Waals surface area contributed by atoms with Gasteiger partial charge in [-0.25, -0.2) is 4.98 Å². The van der Waals surface area contributed by atoms with Gasteiger partial charge in [0, 0.05) is 17.6 Å². The Balaban J connectivity index is 2.29. The summed E-state index contributed by atoms with van der Waals surface area (Å²) >= 11 is 12.6. The Bertz CT molecular complexity index is 610. The third-order valence-corrected chi connectivity index (χ3v) is 4.10. The van der Waals surface area contributed by atoms with E-state index in [1.54, 1.807) is 11.3 Å². The van der Waals surface area contributed by atoms with Gasteiger partial charge in [0.05, 0.1) is 16.4 Å². The second-order valence-electron chi connectivity index (χ2n) is 4.25. The van der Waals surface area contributed by atoms with Gasteiger partial charge in [-0.2, -0.15) is 0 Å². The summed E-state index contributed by atoms with van der Waals surface area (Å²) in [5.74, 6) is 0.803. The fraction of sp³-hybridized carbons (Fsp3) is 0.231. The minimum Gasteiger partial charge on any atom is -0.389 e. The summed E-state index contributed by atoms with van der Waals surface area (Å²) in [5.41, 5.74) is 7.48. The molecule has 2 aromatic rings. The number of halogens is 1. The zero-order valence-electron chi connectivity index (χ0n) is 10.7. The van der Waals surface area contributed by atoms with E-state index in [1.807, 2.05) is 43.1 Å². The zero-order chi connectivity index (χ0) is 14.0. The summed E-state index contributed by atoms with van der Waals surface area (Å²) in [6.45, 7) is 2.67. The number of nitrogens with zero attached hydrogens (tertiary/aromatic N) is 2. The van der Waals surface area contributed by atoms with Crippen LogP contribution in [0.1, 0.15) is 16.1 Å². The van der Waals surface area contributed by atoms with Gasteiger partial charge in [-0.3, -0.25) is 0 Å². The van der Waals surface area contributed by atoms with Crippen LogP contribution in [0.2, 0.25) is 4.34 Å². The molecule has 2 rings (SSSR count). The van der Waals surface area contributed by atoms with Crippen LogP contribution < -0.4 is 10.6 Å². The molecule has 100 valence electrons. The van der Waals surface area contributed by atoms with Crippen LogP contribution in [-0.2, 0) is 6.54 Å². The van der Waals surface area contributed by atoms with Gasteiger partial charge >= 0.3 is 0 Å². The van der Waals surface area contributed by atoms with Crippen LogP contribution in [0.5, 0.6) is 0 Å². The van der Waals surface area contributed by atoms with Crippen molar-refractivity contribution in [2.45, 2.75) is 13.5 Å². The highest BCUT2D eigenvalue weighted by Crippen LogP contribution is 2.25. The first kappa shape index (κ1) is 14.2. The van der Waals surface area contributed by atoms with E-state index in [0.29, 0.717) is 4.99 Å². The minimum atomic E-state index is 0.360. The summed E-state index contributed by atoms with van der Waals surface area (Å²) in [6.07, 6.45) is 0. The Hall–Kier alpha value is -1.17. The van der Waals surface area contributed by atoms with Crippen LogP contribution in [0.4, 0.5) is 5.82 Å². The molecule has 2 heterocycles. The summed E-state index contributed by atoms with van der Waals surface area (Å²) in [6, 6.07) is 7.74. The predicted octanol–water partition coefficient (Wildman–Crippen LogP) is 3.38. The third-order valence-electron chi connectivity index (χ3n) is 2.66. The molecule has 0 radical (unpaired) electrons. The van der Waals surface area contributed by atoms with Crippen molar-refractivity contribution in [3.63, 3.8) is 0 Å². The average molecular weight is 312 g/mol. The number of hydrogen-bond acceptors (Lipinski definition) is 4. The average Bonchev–Trinajstić information content (AvgIpc) is 2.74. The van der Waals surface area contributed by atoms with E-state index in [0.717, 1.165) is 28.0 Å². The van der Waals surface area contributed by atoms with Gasteiger partial charge in [-0.05, 0) is 31.2 Å². The topological polar surface area (TPSA) is 42.1 Å². The number of aryl methyl sites for hydroxylation is 1. The van der Waals surface area contributed by atoms with E-state index < -0.39 is 0 Å². The molecule has 2 N–H and O–H groups in total. The molecule has 0 atom stereocenters. The fourth-order valence-corrected chi connectivity index (χ4v) is 3.07. The van der Waals surface area contributed by atoms with Crippen molar-refractivity contribution in [3.05, 3.63) is 44.7 Å². The van der Waals surface area contributed by atoms with E-state index in [4.69, 9.17) is 29.6 Å². The lowest BCUT2D eigenvalue weighted by atomic mass is 10.2. The van der Waals surface area contributed by atoms with Gasteiger partial charge in [-0.1, -0.05) is 23.8 Å². The number of aromatic nitrogens is 1. The van der Waals surface area contributed by atoms with Crippen molar-refractivity contribution in [1.82, 2.24) is 4.98 Å². The molecule has 2 aromatic heterocycles. The molecule has 19 heavy (non-hydrogen) atoms. The molecule has 0 amide bonds. The van der Waals surface area contributed by atoms with E-state index in [2.05, 4.69) is 4.98 Å². The first-order valence-corrected chi connectivity index (χ1v) is 7.30. The lowest BCUT2D eigenvalue weighted by Crippen LogP contribution is -2.22.